The van der Waals surface area contributed by atoms with Gasteiger partial charge >= 0.3 is 0 Å². The Morgan fingerprint density at radius 2 is 1.74 bits per heavy atom. The first kappa shape index (κ1) is 23.2. The van der Waals surface area contributed by atoms with Gasteiger partial charge in [-0.3, -0.25) is 4.79 Å². The first-order valence-electron chi connectivity index (χ1n) is 11.6. The summed E-state index contributed by atoms with van der Waals surface area (Å²) in [7, 11) is -3.63. The zero-order valence-corrected chi connectivity index (χ0v) is 20.2. The number of pyridine rings is 1. The number of hydrogen-bond donors (Lipinski definition) is 1. The van der Waals surface area contributed by atoms with Crippen LogP contribution in [0, 0.1) is 6.92 Å². The van der Waals surface area contributed by atoms with Crippen molar-refractivity contribution in [1.82, 2.24) is 19.8 Å². The van der Waals surface area contributed by atoms with E-state index in [0.29, 0.717) is 41.0 Å². The molecule has 1 saturated heterocycles. The molecule has 2 aromatic heterocycles. The number of piperidine rings is 1. The van der Waals surface area contributed by atoms with Crippen molar-refractivity contribution in [2.75, 3.05) is 13.1 Å². The summed E-state index contributed by atoms with van der Waals surface area (Å²) in [6, 6.07) is 18.0. The summed E-state index contributed by atoms with van der Waals surface area (Å²) >= 11 is 0. The molecule has 1 N–H and O–H groups in total. The van der Waals surface area contributed by atoms with Gasteiger partial charge in [0.1, 0.15) is 0 Å². The highest BCUT2D eigenvalue weighted by Gasteiger charge is 2.28. The lowest BCUT2D eigenvalue weighted by Gasteiger charge is -2.26. The van der Waals surface area contributed by atoms with Crippen molar-refractivity contribution >= 4 is 27.0 Å². The summed E-state index contributed by atoms with van der Waals surface area (Å²) in [5.41, 5.74) is 3.20. The topological polar surface area (TPSA) is 105 Å². The monoisotopic (exact) mass is 490 g/mol. The van der Waals surface area contributed by atoms with Crippen LogP contribution < -0.4 is 5.32 Å². The lowest BCUT2D eigenvalue weighted by molar-refractivity contribution is 0.0952. The summed E-state index contributed by atoms with van der Waals surface area (Å²) < 4.78 is 33.5. The van der Waals surface area contributed by atoms with Gasteiger partial charge in [0.25, 0.3) is 11.6 Å². The molecule has 180 valence electrons. The Balaban J connectivity index is 1.45. The van der Waals surface area contributed by atoms with E-state index >= 15 is 0 Å². The predicted molar refractivity (Wildman–Crippen MR) is 132 cm³/mol. The van der Waals surface area contributed by atoms with E-state index in [1.165, 1.54) is 4.31 Å². The van der Waals surface area contributed by atoms with Crippen LogP contribution in [-0.2, 0) is 16.6 Å². The van der Waals surface area contributed by atoms with E-state index in [4.69, 9.17) is 4.52 Å². The first-order chi connectivity index (χ1) is 16.9. The van der Waals surface area contributed by atoms with Gasteiger partial charge in [-0.2, -0.15) is 4.31 Å². The SMILES string of the molecule is Cc1noc2nc(-c3ccccc3)cc(C(=O)NCc3ccccc3S(=O)(=O)N3CCCCC3)c12. The van der Waals surface area contributed by atoms with E-state index < -0.39 is 10.0 Å². The summed E-state index contributed by atoms with van der Waals surface area (Å²) in [5.74, 6) is -0.356. The fourth-order valence-corrected chi connectivity index (χ4v) is 6.19. The molecule has 5 rings (SSSR count). The van der Waals surface area contributed by atoms with Crippen molar-refractivity contribution in [2.45, 2.75) is 37.6 Å². The molecule has 0 radical (unpaired) electrons. The molecule has 1 fully saturated rings. The fourth-order valence-electron chi connectivity index (χ4n) is 4.45. The highest BCUT2D eigenvalue weighted by molar-refractivity contribution is 7.89. The first-order valence-corrected chi connectivity index (χ1v) is 13.1. The van der Waals surface area contributed by atoms with Crippen LogP contribution in [0.25, 0.3) is 22.4 Å². The van der Waals surface area contributed by atoms with Gasteiger partial charge in [-0.15, -0.1) is 0 Å². The van der Waals surface area contributed by atoms with Crippen LogP contribution in [0.15, 0.2) is 70.1 Å². The number of aryl methyl sites for hydroxylation is 1. The average molecular weight is 491 g/mol. The molecule has 35 heavy (non-hydrogen) atoms. The molecule has 4 aromatic rings. The number of carbonyl (C=O) groups is 1. The van der Waals surface area contributed by atoms with Gasteiger partial charge in [0.05, 0.1) is 27.2 Å². The maximum Gasteiger partial charge on any atom is 0.259 e. The van der Waals surface area contributed by atoms with Gasteiger partial charge in [-0.05, 0) is 37.5 Å². The van der Waals surface area contributed by atoms with Crippen molar-refractivity contribution in [2.24, 2.45) is 0 Å². The van der Waals surface area contributed by atoms with Gasteiger partial charge in [0.15, 0.2) is 0 Å². The molecule has 1 aliphatic heterocycles. The van der Waals surface area contributed by atoms with E-state index in [9.17, 15) is 13.2 Å². The third-order valence-corrected chi connectivity index (χ3v) is 8.28. The van der Waals surface area contributed by atoms with Crippen LogP contribution in [0.4, 0.5) is 0 Å². The molecule has 3 heterocycles. The Morgan fingerprint density at radius 1 is 1.03 bits per heavy atom. The number of hydrogen-bond acceptors (Lipinski definition) is 6. The second kappa shape index (κ2) is 9.59. The molecular weight excluding hydrogens is 464 g/mol. The third-order valence-electron chi connectivity index (χ3n) is 6.28. The van der Waals surface area contributed by atoms with Gasteiger partial charge in [0.2, 0.25) is 10.0 Å². The molecule has 0 atom stereocenters. The second-order valence-corrected chi connectivity index (χ2v) is 10.5. The van der Waals surface area contributed by atoms with Crippen LogP contribution >= 0.6 is 0 Å². The maximum atomic E-state index is 13.4. The van der Waals surface area contributed by atoms with Crippen molar-refractivity contribution in [3.05, 3.63) is 77.5 Å². The van der Waals surface area contributed by atoms with Crippen LogP contribution in [0.3, 0.4) is 0 Å². The quantitative estimate of drug-likeness (QED) is 0.432. The van der Waals surface area contributed by atoms with E-state index in [2.05, 4.69) is 15.5 Å². The minimum Gasteiger partial charge on any atom is -0.348 e. The number of rotatable bonds is 6. The number of fused-ring (bicyclic) bond motifs is 1. The molecule has 0 saturated carbocycles. The minimum absolute atomic E-state index is 0.0664. The summed E-state index contributed by atoms with van der Waals surface area (Å²) in [6.07, 6.45) is 2.76. The molecule has 1 amide bonds. The Labute approximate surface area is 204 Å². The number of amides is 1. The van der Waals surface area contributed by atoms with Crippen LogP contribution in [0.2, 0.25) is 0 Å². The van der Waals surface area contributed by atoms with E-state index in [1.807, 2.05) is 30.3 Å². The zero-order valence-electron chi connectivity index (χ0n) is 19.4. The standard InChI is InChI=1S/C26H26N4O4S/c1-18-24-21(16-22(28-26(24)34-29-18)19-10-4-2-5-11-19)25(31)27-17-20-12-6-7-13-23(20)35(32,33)30-14-8-3-9-15-30/h2,4-7,10-13,16H,3,8-9,14-15,17H2,1H3,(H,27,31). The molecule has 1 aliphatic rings. The third kappa shape index (κ3) is 4.56. The number of aromatic nitrogens is 2. The smallest absolute Gasteiger partial charge is 0.259 e. The van der Waals surface area contributed by atoms with Crippen LogP contribution in [0.1, 0.15) is 40.9 Å². The fraction of sp³-hybridized carbons (Fsp3) is 0.269. The molecule has 0 unspecified atom stereocenters. The zero-order chi connectivity index (χ0) is 24.4. The molecule has 2 aromatic carbocycles. The Hall–Kier alpha value is -3.56. The van der Waals surface area contributed by atoms with Crippen LogP contribution in [-0.4, -0.2) is 41.9 Å². The van der Waals surface area contributed by atoms with E-state index in [0.717, 1.165) is 24.8 Å². The Morgan fingerprint density at radius 3 is 2.51 bits per heavy atom. The lowest BCUT2D eigenvalue weighted by atomic mass is 10.0. The summed E-state index contributed by atoms with van der Waals surface area (Å²) in [5, 5.41) is 7.43. The maximum absolute atomic E-state index is 13.4. The second-order valence-electron chi connectivity index (χ2n) is 8.62. The largest absolute Gasteiger partial charge is 0.348 e. The van der Waals surface area contributed by atoms with Crippen molar-refractivity contribution in [1.29, 1.82) is 0 Å². The Bertz CT molecular complexity index is 1480. The number of sulfonamides is 1. The molecule has 8 nitrogen and oxygen atoms in total. The van der Waals surface area contributed by atoms with Gasteiger partial charge in [-0.1, -0.05) is 60.1 Å². The van der Waals surface area contributed by atoms with Crippen molar-refractivity contribution < 1.29 is 17.7 Å². The van der Waals surface area contributed by atoms with Crippen molar-refractivity contribution in [3.8, 4) is 11.3 Å². The predicted octanol–water partition coefficient (Wildman–Crippen LogP) is 4.30. The van der Waals surface area contributed by atoms with Gasteiger partial charge in [-0.25, -0.2) is 13.4 Å². The highest BCUT2D eigenvalue weighted by atomic mass is 32.2. The molecular formula is C26H26N4O4S. The molecule has 9 heteroatoms. The Kier molecular flexibility index (Phi) is 6.36. The lowest BCUT2D eigenvalue weighted by Crippen LogP contribution is -2.36. The normalized spacial score (nSPS) is 14.8. The molecule has 0 bridgehead atoms. The van der Waals surface area contributed by atoms with Crippen LogP contribution in [0.5, 0.6) is 0 Å². The molecule has 0 spiro atoms. The van der Waals surface area contributed by atoms with E-state index in [1.54, 1.807) is 37.3 Å². The van der Waals surface area contributed by atoms with Gasteiger partial charge < -0.3 is 9.84 Å². The average Bonchev–Trinajstić information content (AvgIpc) is 3.28. The summed E-state index contributed by atoms with van der Waals surface area (Å²) in [4.78, 5) is 18.1. The van der Waals surface area contributed by atoms with Crippen molar-refractivity contribution in [3.63, 3.8) is 0 Å². The number of benzene rings is 2. The highest BCUT2D eigenvalue weighted by Crippen LogP contribution is 2.28. The van der Waals surface area contributed by atoms with E-state index in [-0.39, 0.29) is 23.1 Å². The number of nitrogens with zero attached hydrogens (tertiary/aromatic N) is 3. The van der Waals surface area contributed by atoms with Gasteiger partial charge in [0, 0.05) is 25.2 Å². The molecule has 0 aliphatic carbocycles. The summed E-state index contributed by atoms with van der Waals surface area (Å²) in [6.45, 7) is 2.87. The minimum atomic E-state index is -3.63. The number of nitrogens with one attached hydrogen (secondary N) is 1. The number of carbonyl (C=O) groups excluding carboxylic acids is 1.